The number of carbonyl (C=O) groups excluding carboxylic acids is 1. The number of rotatable bonds is 3. The summed E-state index contributed by atoms with van der Waals surface area (Å²) in [5.41, 5.74) is 11.5. The fourth-order valence-corrected chi connectivity index (χ4v) is 4.19. The third kappa shape index (κ3) is 3.63. The molecule has 2 aromatic heterocycles. The van der Waals surface area contributed by atoms with Crippen molar-refractivity contribution in [3.63, 3.8) is 0 Å². The van der Waals surface area contributed by atoms with Crippen LogP contribution in [-0.2, 0) is 6.42 Å². The minimum Gasteiger partial charge on any atom is -0.398 e. The number of fused-ring (bicyclic) bond motifs is 2. The molecule has 1 aliphatic heterocycles. The summed E-state index contributed by atoms with van der Waals surface area (Å²) in [7, 11) is 0. The molecule has 0 radical (unpaired) electrons. The van der Waals surface area contributed by atoms with Gasteiger partial charge in [0, 0.05) is 35.6 Å². The van der Waals surface area contributed by atoms with Crippen molar-refractivity contribution in [3.05, 3.63) is 47.3 Å². The lowest BCUT2D eigenvalue weighted by molar-refractivity contribution is 0.0986. The molecule has 5 rings (SSSR count). The number of pyridine rings is 1. The number of benzene rings is 1. The van der Waals surface area contributed by atoms with Crippen LogP contribution in [0.5, 0.6) is 0 Å². The fourth-order valence-electron chi connectivity index (χ4n) is 4.19. The van der Waals surface area contributed by atoms with E-state index in [-0.39, 0.29) is 36.8 Å². The molecule has 0 unspecified atom stereocenters. The molecule has 0 spiro atoms. The summed E-state index contributed by atoms with van der Waals surface area (Å²) in [6.07, 6.45) is 5.91. The van der Waals surface area contributed by atoms with Gasteiger partial charge in [-0.05, 0) is 63.3 Å². The first-order valence-corrected chi connectivity index (χ1v) is 10.1. The second-order valence-electron chi connectivity index (χ2n) is 8.19. The monoisotopic (exact) mass is 447 g/mol. The Balaban J connectivity index is 0.00000128. The molecule has 1 saturated carbocycles. The summed E-state index contributed by atoms with van der Waals surface area (Å²) in [5, 5.41) is 5.36. The maximum Gasteiger partial charge on any atom is 0.259 e. The number of nitrogens with zero attached hydrogens (tertiary/aromatic N) is 4. The molecule has 1 fully saturated rings. The van der Waals surface area contributed by atoms with Gasteiger partial charge in [0.25, 0.3) is 5.91 Å². The number of nitrogen functional groups attached to an aromatic ring is 1. The molecule has 0 saturated heterocycles. The van der Waals surface area contributed by atoms with Gasteiger partial charge in [0.15, 0.2) is 5.65 Å². The molecule has 3 aromatic rings. The van der Waals surface area contributed by atoms with Crippen molar-refractivity contribution >= 4 is 53.1 Å². The maximum absolute atomic E-state index is 13.7. The van der Waals surface area contributed by atoms with E-state index in [1.807, 2.05) is 33.8 Å². The smallest absolute Gasteiger partial charge is 0.259 e. The number of halogens is 2. The normalized spacial score (nSPS) is 15.5. The summed E-state index contributed by atoms with van der Waals surface area (Å²) in [6, 6.07) is 8.03. The SMILES string of the molecule is CC(C)n1ncc2c(C(=O)N3CCCc4c(N)cccc43)cc(C3CC3)nc21.Cl.Cl. The van der Waals surface area contributed by atoms with Crippen LogP contribution in [-0.4, -0.2) is 27.2 Å². The van der Waals surface area contributed by atoms with Crippen molar-refractivity contribution < 1.29 is 4.79 Å². The Labute approximate surface area is 188 Å². The van der Waals surface area contributed by atoms with Crippen LogP contribution in [0.15, 0.2) is 30.5 Å². The van der Waals surface area contributed by atoms with Crippen molar-refractivity contribution in [2.45, 2.75) is 51.5 Å². The number of nitrogens with two attached hydrogens (primary N) is 1. The highest BCUT2D eigenvalue weighted by molar-refractivity contribution is 6.14. The van der Waals surface area contributed by atoms with E-state index in [0.717, 1.165) is 59.3 Å². The Hall–Kier alpha value is -2.31. The molecule has 1 amide bonds. The van der Waals surface area contributed by atoms with E-state index in [1.54, 1.807) is 6.20 Å². The third-order valence-corrected chi connectivity index (χ3v) is 5.83. The third-order valence-electron chi connectivity index (χ3n) is 5.83. The van der Waals surface area contributed by atoms with Crippen LogP contribution in [0, 0.1) is 0 Å². The molecule has 3 heterocycles. The molecule has 2 N–H and O–H groups in total. The predicted molar refractivity (Wildman–Crippen MR) is 125 cm³/mol. The Kier molecular flexibility index (Phi) is 6.29. The zero-order chi connectivity index (χ0) is 19.4. The van der Waals surface area contributed by atoms with Crippen molar-refractivity contribution in [3.8, 4) is 0 Å². The summed E-state index contributed by atoms with van der Waals surface area (Å²) >= 11 is 0. The largest absolute Gasteiger partial charge is 0.398 e. The van der Waals surface area contributed by atoms with Gasteiger partial charge >= 0.3 is 0 Å². The summed E-state index contributed by atoms with van der Waals surface area (Å²) in [5.74, 6) is 0.486. The second-order valence-corrected chi connectivity index (χ2v) is 8.19. The van der Waals surface area contributed by atoms with E-state index >= 15 is 0 Å². The molecule has 1 aromatic carbocycles. The lowest BCUT2D eigenvalue weighted by Gasteiger charge is -2.30. The van der Waals surface area contributed by atoms with Gasteiger partial charge in [0.05, 0.1) is 17.1 Å². The van der Waals surface area contributed by atoms with E-state index in [0.29, 0.717) is 18.0 Å². The highest BCUT2D eigenvalue weighted by atomic mass is 35.5. The highest BCUT2D eigenvalue weighted by Gasteiger charge is 2.31. The average molecular weight is 448 g/mol. The van der Waals surface area contributed by atoms with Crippen LogP contribution < -0.4 is 10.6 Å². The van der Waals surface area contributed by atoms with Gasteiger partial charge in [0.2, 0.25) is 0 Å². The first kappa shape index (κ1) is 22.4. The second kappa shape index (κ2) is 8.44. The molecule has 2 aliphatic rings. The van der Waals surface area contributed by atoms with Gasteiger partial charge in [-0.3, -0.25) is 4.79 Å². The van der Waals surface area contributed by atoms with Gasteiger partial charge in [-0.25, -0.2) is 9.67 Å². The standard InChI is InChI=1S/C22H25N5O.2ClH/c1-13(2)27-21-17(12-24-27)16(11-19(25-21)14-8-9-14)22(28)26-10-4-5-15-18(23)6-3-7-20(15)26;;/h3,6-7,11-14H,4-5,8-10,23H2,1-2H3;2*1H. The Bertz CT molecular complexity index is 1090. The van der Waals surface area contributed by atoms with Gasteiger partial charge in [-0.15, -0.1) is 24.8 Å². The minimum atomic E-state index is 0. The molecule has 8 heteroatoms. The van der Waals surface area contributed by atoms with Gasteiger partial charge in [-0.2, -0.15) is 5.10 Å². The van der Waals surface area contributed by atoms with Gasteiger partial charge in [-0.1, -0.05) is 6.07 Å². The van der Waals surface area contributed by atoms with E-state index in [2.05, 4.69) is 18.9 Å². The molecule has 160 valence electrons. The summed E-state index contributed by atoms with van der Waals surface area (Å²) in [6.45, 7) is 4.88. The zero-order valence-corrected chi connectivity index (χ0v) is 18.8. The molecule has 1 aliphatic carbocycles. The Morgan fingerprint density at radius 3 is 2.70 bits per heavy atom. The van der Waals surface area contributed by atoms with Crippen LogP contribution in [0.2, 0.25) is 0 Å². The lowest BCUT2D eigenvalue weighted by atomic mass is 9.98. The lowest BCUT2D eigenvalue weighted by Crippen LogP contribution is -2.36. The fraction of sp³-hybridized carbons (Fsp3) is 0.409. The average Bonchev–Trinajstić information content (AvgIpc) is 3.45. The van der Waals surface area contributed by atoms with Crippen LogP contribution >= 0.6 is 24.8 Å². The molecule has 0 atom stereocenters. The van der Waals surface area contributed by atoms with E-state index in [1.165, 1.54) is 0 Å². The van der Waals surface area contributed by atoms with Crippen LogP contribution in [0.25, 0.3) is 11.0 Å². The van der Waals surface area contributed by atoms with E-state index in [4.69, 9.17) is 10.7 Å². The quantitative estimate of drug-likeness (QED) is 0.578. The van der Waals surface area contributed by atoms with Crippen molar-refractivity contribution in [2.75, 3.05) is 17.2 Å². The molecule has 30 heavy (non-hydrogen) atoms. The maximum atomic E-state index is 13.7. The van der Waals surface area contributed by atoms with Gasteiger partial charge in [0.1, 0.15) is 0 Å². The predicted octanol–water partition coefficient (Wildman–Crippen LogP) is 4.91. The molecule has 0 bridgehead atoms. The van der Waals surface area contributed by atoms with Crippen molar-refractivity contribution in [1.29, 1.82) is 0 Å². The van der Waals surface area contributed by atoms with E-state index in [9.17, 15) is 4.79 Å². The molecular formula is C22H27Cl2N5O. The molecule has 6 nitrogen and oxygen atoms in total. The summed E-state index contributed by atoms with van der Waals surface area (Å²) < 4.78 is 1.92. The number of carbonyl (C=O) groups is 1. The number of amides is 1. The van der Waals surface area contributed by atoms with Crippen LogP contribution in [0.4, 0.5) is 11.4 Å². The Morgan fingerprint density at radius 1 is 1.23 bits per heavy atom. The number of hydrogen-bond acceptors (Lipinski definition) is 4. The number of hydrogen-bond donors (Lipinski definition) is 1. The first-order valence-electron chi connectivity index (χ1n) is 10.1. The van der Waals surface area contributed by atoms with E-state index < -0.39 is 0 Å². The number of anilines is 2. The topological polar surface area (TPSA) is 77.0 Å². The van der Waals surface area contributed by atoms with Crippen molar-refractivity contribution in [2.24, 2.45) is 0 Å². The van der Waals surface area contributed by atoms with Crippen molar-refractivity contribution in [1.82, 2.24) is 14.8 Å². The molecular weight excluding hydrogens is 421 g/mol. The minimum absolute atomic E-state index is 0. The zero-order valence-electron chi connectivity index (χ0n) is 17.2. The van der Waals surface area contributed by atoms with Crippen LogP contribution in [0.1, 0.15) is 66.7 Å². The Morgan fingerprint density at radius 2 is 2.00 bits per heavy atom. The summed E-state index contributed by atoms with van der Waals surface area (Å²) in [4.78, 5) is 20.4. The van der Waals surface area contributed by atoms with Gasteiger partial charge < -0.3 is 10.6 Å². The number of aromatic nitrogens is 3. The highest BCUT2D eigenvalue weighted by Crippen LogP contribution is 2.41. The van der Waals surface area contributed by atoms with Crippen LogP contribution in [0.3, 0.4) is 0 Å². The first-order chi connectivity index (χ1) is 13.5.